The first-order valence-electron chi connectivity index (χ1n) is 10.5. The fourth-order valence-corrected chi connectivity index (χ4v) is 4.59. The number of aliphatic imine (C=N–C) groups is 1. The molecule has 6 heteroatoms. The summed E-state index contributed by atoms with van der Waals surface area (Å²) in [7, 11) is 1.90. The molecule has 0 aromatic heterocycles. The molecule has 2 heterocycles. The maximum Gasteiger partial charge on any atom is 0.193 e. The van der Waals surface area contributed by atoms with E-state index in [1.165, 1.54) is 18.4 Å². The Balaban J connectivity index is 0.00000280. The molecule has 1 N–H and O–H groups in total. The topological polar surface area (TPSA) is 40.1 Å². The molecule has 2 aliphatic heterocycles. The number of halogens is 1. The van der Waals surface area contributed by atoms with Gasteiger partial charge in [0.15, 0.2) is 5.96 Å². The van der Waals surface area contributed by atoms with Crippen LogP contribution in [0.2, 0.25) is 0 Å². The number of likely N-dealkylation sites (N-methyl/N-ethyl adjacent to an activating group) is 1. The SMILES string of the molecule is CCN(CC)C(CNC(=NC)N1CCC2(CCOC2)C1)Cc1ccccc1.I. The molecule has 28 heavy (non-hydrogen) atoms. The maximum absolute atomic E-state index is 5.68. The zero-order valence-electron chi connectivity index (χ0n) is 17.7. The summed E-state index contributed by atoms with van der Waals surface area (Å²) in [6.07, 6.45) is 3.47. The van der Waals surface area contributed by atoms with E-state index in [1.54, 1.807) is 0 Å². The Morgan fingerprint density at radius 3 is 2.61 bits per heavy atom. The predicted molar refractivity (Wildman–Crippen MR) is 128 cm³/mol. The number of guanidine groups is 1. The lowest BCUT2D eigenvalue weighted by molar-refractivity contribution is 0.156. The highest BCUT2D eigenvalue weighted by Gasteiger charge is 2.42. The summed E-state index contributed by atoms with van der Waals surface area (Å²) >= 11 is 0. The third kappa shape index (κ3) is 5.83. The van der Waals surface area contributed by atoms with Gasteiger partial charge in [-0.2, -0.15) is 0 Å². The Hall–Kier alpha value is -0.860. The molecular weight excluding hydrogens is 463 g/mol. The van der Waals surface area contributed by atoms with Crippen LogP contribution in [0, 0.1) is 5.41 Å². The summed E-state index contributed by atoms with van der Waals surface area (Å²) in [6.45, 7) is 11.5. The molecule has 1 spiro atoms. The smallest absolute Gasteiger partial charge is 0.193 e. The lowest BCUT2D eigenvalue weighted by atomic mass is 9.87. The normalized spacial score (nSPS) is 23.3. The van der Waals surface area contributed by atoms with E-state index in [2.05, 4.69) is 64.3 Å². The first-order valence-corrected chi connectivity index (χ1v) is 10.5. The van der Waals surface area contributed by atoms with Gasteiger partial charge in [0.2, 0.25) is 0 Å². The van der Waals surface area contributed by atoms with Crippen LogP contribution >= 0.6 is 24.0 Å². The molecule has 2 saturated heterocycles. The van der Waals surface area contributed by atoms with Crippen LogP contribution in [0.5, 0.6) is 0 Å². The molecular formula is C22H37IN4O. The van der Waals surface area contributed by atoms with Gasteiger partial charge in [0, 0.05) is 44.7 Å². The van der Waals surface area contributed by atoms with Crippen LogP contribution in [0.15, 0.2) is 35.3 Å². The van der Waals surface area contributed by atoms with Gasteiger partial charge < -0.3 is 15.0 Å². The monoisotopic (exact) mass is 500 g/mol. The fourth-order valence-electron chi connectivity index (χ4n) is 4.59. The highest BCUT2D eigenvalue weighted by atomic mass is 127. The van der Waals surface area contributed by atoms with Crippen molar-refractivity contribution in [3.63, 3.8) is 0 Å². The molecule has 3 rings (SSSR count). The molecule has 0 amide bonds. The van der Waals surface area contributed by atoms with E-state index in [0.29, 0.717) is 11.5 Å². The quantitative estimate of drug-likeness (QED) is 0.355. The summed E-state index contributed by atoms with van der Waals surface area (Å²) < 4.78 is 5.68. The molecule has 158 valence electrons. The van der Waals surface area contributed by atoms with Gasteiger partial charge in [-0.05, 0) is 37.9 Å². The van der Waals surface area contributed by atoms with Crippen LogP contribution in [-0.4, -0.2) is 74.8 Å². The van der Waals surface area contributed by atoms with E-state index in [-0.39, 0.29) is 24.0 Å². The number of hydrogen-bond donors (Lipinski definition) is 1. The zero-order chi connectivity index (χ0) is 19.1. The van der Waals surface area contributed by atoms with Crippen LogP contribution in [0.3, 0.4) is 0 Å². The van der Waals surface area contributed by atoms with Crippen molar-refractivity contribution < 1.29 is 4.74 Å². The minimum Gasteiger partial charge on any atom is -0.381 e. The van der Waals surface area contributed by atoms with Crippen LogP contribution in [0.4, 0.5) is 0 Å². The molecule has 0 bridgehead atoms. The van der Waals surface area contributed by atoms with Gasteiger partial charge in [-0.1, -0.05) is 44.2 Å². The van der Waals surface area contributed by atoms with Crippen LogP contribution in [0.1, 0.15) is 32.3 Å². The minimum atomic E-state index is 0. The van der Waals surface area contributed by atoms with Crippen molar-refractivity contribution in [2.75, 3.05) is 53.0 Å². The summed E-state index contributed by atoms with van der Waals surface area (Å²) in [5.74, 6) is 1.05. The van der Waals surface area contributed by atoms with Gasteiger partial charge >= 0.3 is 0 Å². The molecule has 0 saturated carbocycles. The van der Waals surface area contributed by atoms with E-state index in [4.69, 9.17) is 4.74 Å². The number of rotatable bonds is 7. The van der Waals surface area contributed by atoms with Crippen LogP contribution < -0.4 is 5.32 Å². The average molecular weight is 500 g/mol. The maximum atomic E-state index is 5.68. The van der Waals surface area contributed by atoms with Gasteiger partial charge in [-0.15, -0.1) is 24.0 Å². The van der Waals surface area contributed by atoms with E-state index in [0.717, 1.165) is 58.3 Å². The molecule has 1 aromatic rings. The largest absolute Gasteiger partial charge is 0.381 e. The lowest BCUT2D eigenvalue weighted by Crippen LogP contribution is -2.49. The number of nitrogens with one attached hydrogen (secondary N) is 1. The standard InChI is InChI=1S/C22H36N4O.HI/c1-4-25(5-2)20(15-19-9-7-6-8-10-19)16-24-21(23-3)26-13-11-22(17-26)12-14-27-18-22;/h6-10,20H,4-5,11-18H2,1-3H3,(H,23,24);1H. The minimum absolute atomic E-state index is 0. The van der Waals surface area contributed by atoms with E-state index < -0.39 is 0 Å². The summed E-state index contributed by atoms with van der Waals surface area (Å²) in [5, 5.41) is 3.68. The average Bonchev–Trinajstić information content (AvgIpc) is 3.34. The summed E-state index contributed by atoms with van der Waals surface area (Å²) in [5.41, 5.74) is 1.76. The number of hydrogen-bond acceptors (Lipinski definition) is 3. The summed E-state index contributed by atoms with van der Waals surface area (Å²) in [4.78, 5) is 9.56. The van der Waals surface area contributed by atoms with Crippen LogP contribution in [-0.2, 0) is 11.2 Å². The van der Waals surface area contributed by atoms with Gasteiger partial charge in [-0.3, -0.25) is 9.89 Å². The van der Waals surface area contributed by atoms with Crippen LogP contribution in [0.25, 0.3) is 0 Å². The van der Waals surface area contributed by atoms with Crippen molar-refractivity contribution in [3.05, 3.63) is 35.9 Å². The third-order valence-electron chi connectivity index (χ3n) is 6.27. The van der Waals surface area contributed by atoms with Gasteiger partial charge in [0.1, 0.15) is 0 Å². The number of nitrogens with zero attached hydrogens (tertiary/aromatic N) is 3. The highest BCUT2D eigenvalue weighted by Crippen LogP contribution is 2.38. The zero-order valence-corrected chi connectivity index (χ0v) is 20.0. The molecule has 2 unspecified atom stereocenters. The van der Waals surface area contributed by atoms with Crippen molar-refractivity contribution in [2.45, 2.75) is 39.2 Å². The number of ether oxygens (including phenoxy) is 1. The summed E-state index contributed by atoms with van der Waals surface area (Å²) in [6, 6.07) is 11.3. The van der Waals surface area contributed by atoms with Crippen molar-refractivity contribution in [1.29, 1.82) is 0 Å². The second kappa shape index (κ2) is 11.4. The molecule has 2 fully saturated rings. The Labute approximate surface area is 187 Å². The molecule has 2 aliphatic rings. The Bertz CT molecular complexity index is 600. The Morgan fingerprint density at radius 2 is 2.00 bits per heavy atom. The first kappa shape index (κ1) is 23.4. The van der Waals surface area contributed by atoms with E-state index in [9.17, 15) is 0 Å². The van der Waals surface area contributed by atoms with Crippen molar-refractivity contribution in [1.82, 2.24) is 15.1 Å². The number of likely N-dealkylation sites (tertiary alicyclic amines) is 1. The van der Waals surface area contributed by atoms with Gasteiger partial charge in [0.25, 0.3) is 0 Å². The van der Waals surface area contributed by atoms with Crippen molar-refractivity contribution in [3.8, 4) is 0 Å². The van der Waals surface area contributed by atoms with Gasteiger partial charge in [-0.25, -0.2) is 0 Å². The molecule has 2 atom stereocenters. The second-order valence-corrected chi connectivity index (χ2v) is 7.97. The molecule has 0 radical (unpaired) electrons. The van der Waals surface area contributed by atoms with Crippen molar-refractivity contribution in [2.24, 2.45) is 10.4 Å². The fraction of sp³-hybridized carbons (Fsp3) is 0.682. The van der Waals surface area contributed by atoms with Crippen molar-refractivity contribution >= 4 is 29.9 Å². The Morgan fingerprint density at radius 1 is 1.25 bits per heavy atom. The lowest BCUT2D eigenvalue weighted by Gasteiger charge is -2.32. The molecule has 5 nitrogen and oxygen atoms in total. The van der Waals surface area contributed by atoms with E-state index in [1.807, 2.05) is 7.05 Å². The predicted octanol–water partition coefficient (Wildman–Crippen LogP) is 3.25. The van der Waals surface area contributed by atoms with E-state index >= 15 is 0 Å². The molecule has 0 aliphatic carbocycles. The first-order chi connectivity index (χ1) is 13.2. The Kier molecular flexibility index (Phi) is 9.50. The molecule has 1 aromatic carbocycles. The number of benzene rings is 1. The highest BCUT2D eigenvalue weighted by molar-refractivity contribution is 14.0. The third-order valence-corrected chi connectivity index (χ3v) is 6.27. The van der Waals surface area contributed by atoms with Gasteiger partial charge in [0.05, 0.1) is 6.61 Å². The second-order valence-electron chi connectivity index (χ2n) is 7.97.